The second-order valence-electron chi connectivity index (χ2n) is 7.53. The van der Waals surface area contributed by atoms with Crippen molar-refractivity contribution >= 4 is 38.8 Å². The van der Waals surface area contributed by atoms with E-state index in [-0.39, 0.29) is 27.4 Å². The first-order valence-corrected chi connectivity index (χ1v) is 11.5. The molecule has 1 amide bonds. The van der Waals surface area contributed by atoms with Crippen LogP contribution < -0.4 is 10.0 Å². The Morgan fingerprint density at radius 2 is 1.60 bits per heavy atom. The molecular weight excluding hydrogens is 481 g/mol. The fourth-order valence-corrected chi connectivity index (χ4v) is 4.30. The van der Waals surface area contributed by atoms with Crippen molar-refractivity contribution in [2.24, 2.45) is 5.14 Å². The van der Waals surface area contributed by atoms with Crippen LogP contribution in [0.25, 0.3) is 5.76 Å². The van der Waals surface area contributed by atoms with Gasteiger partial charge in [0.2, 0.25) is 10.0 Å². The molecule has 0 radical (unpaired) electrons. The molecule has 4 rings (SSSR count). The molecular formula is C23H16FN3O7S. The number of nitro benzene ring substituents is 1. The van der Waals surface area contributed by atoms with Crippen LogP contribution in [0, 0.1) is 15.9 Å². The number of benzene rings is 3. The number of ketones is 1. The average Bonchev–Trinajstić information content (AvgIpc) is 3.08. The van der Waals surface area contributed by atoms with Crippen LogP contribution in [0.5, 0.6) is 0 Å². The number of hydrogen-bond donors (Lipinski definition) is 2. The fraction of sp³-hybridized carbons (Fsp3) is 0.0435. The summed E-state index contributed by atoms with van der Waals surface area (Å²) in [6.07, 6.45) is 0. The Morgan fingerprint density at radius 1 is 1.00 bits per heavy atom. The Kier molecular flexibility index (Phi) is 5.92. The fourth-order valence-electron chi connectivity index (χ4n) is 3.78. The predicted octanol–water partition coefficient (Wildman–Crippen LogP) is 3.01. The molecule has 1 fully saturated rings. The molecule has 10 nitrogen and oxygen atoms in total. The maximum Gasteiger partial charge on any atom is 0.300 e. The predicted molar refractivity (Wildman–Crippen MR) is 122 cm³/mol. The van der Waals surface area contributed by atoms with Gasteiger partial charge in [0.15, 0.2) is 0 Å². The van der Waals surface area contributed by atoms with Gasteiger partial charge in [0.25, 0.3) is 17.4 Å². The Labute approximate surface area is 197 Å². The maximum absolute atomic E-state index is 14.9. The molecule has 1 heterocycles. The van der Waals surface area contributed by atoms with E-state index in [1.165, 1.54) is 42.5 Å². The Bertz CT molecular complexity index is 1500. The molecule has 1 atom stereocenters. The Balaban J connectivity index is 1.92. The summed E-state index contributed by atoms with van der Waals surface area (Å²) in [5.41, 5.74) is -0.757. The minimum Gasteiger partial charge on any atom is -0.507 e. The van der Waals surface area contributed by atoms with E-state index in [4.69, 9.17) is 5.14 Å². The molecule has 0 spiro atoms. The highest BCUT2D eigenvalue weighted by molar-refractivity contribution is 7.89. The highest BCUT2D eigenvalue weighted by Gasteiger charge is 2.47. The van der Waals surface area contributed by atoms with Gasteiger partial charge in [-0.2, -0.15) is 0 Å². The van der Waals surface area contributed by atoms with Gasteiger partial charge in [-0.15, -0.1) is 0 Å². The number of sulfonamides is 1. The van der Waals surface area contributed by atoms with Crippen molar-refractivity contribution in [3.63, 3.8) is 0 Å². The van der Waals surface area contributed by atoms with E-state index in [2.05, 4.69) is 0 Å². The Morgan fingerprint density at radius 3 is 2.14 bits per heavy atom. The van der Waals surface area contributed by atoms with E-state index >= 15 is 0 Å². The topological polar surface area (TPSA) is 161 Å². The van der Waals surface area contributed by atoms with E-state index in [1.807, 2.05) is 0 Å². The number of nitro groups is 1. The third kappa shape index (κ3) is 4.27. The monoisotopic (exact) mass is 497 g/mol. The van der Waals surface area contributed by atoms with Gasteiger partial charge in [0, 0.05) is 28.9 Å². The van der Waals surface area contributed by atoms with Crippen molar-refractivity contribution < 1.29 is 32.4 Å². The van der Waals surface area contributed by atoms with Gasteiger partial charge in [-0.05, 0) is 42.5 Å². The van der Waals surface area contributed by atoms with E-state index in [9.17, 15) is 37.6 Å². The number of aliphatic hydroxyl groups excluding tert-OH is 1. The zero-order chi connectivity index (χ0) is 25.5. The summed E-state index contributed by atoms with van der Waals surface area (Å²) in [5.74, 6) is -3.63. The first-order chi connectivity index (χ1) is 16.5. The van der Waals surface area contributed by atoms with Crippen LogP contribution in [-0.2, 0) is 19.6 Å². The van der Waals surface area contributed by atoms with Crippen molar-refractivity contribution in [3.05, 3.63) is 105 Å². The minimum absolute atomic E-state index is 0.000452. The van der Waals surface area contributed by atoms with Crippen LogP contribution >= 0.6 is 0 Å². The summed E-state index contributed by atoms with van der Waals surface area (Å²) in [6.45, 7) is 0. The van der Waals surface area contributed by atoms with Gasteiger partial charge in [0.1, 0.15) is 11.6 Å². The van der Waals surface area contributed by atoms with Crippen molar-refractivity contribution in [1.29, 1.82) is 0 Å². The highest BCUT2D eigenvalue weighted by Crippen LogP contribution is 2.43. The Hall–Kier alpha value is -4.42. The number of anilines is 1. The van der Waals surface area contributed by atoms with Crippen LogP contribution in [0.3, 0.4) is 0 Å². The van der Waals surface area contributed by atoms with E-state index in [1.54, 1.807) is 0 Å². The number of hydrogen-bond acceptors (Lipinski definition) is 7. The highest BCUT2D eigenvalue weighted by atomic mass is 32.2. The summed E-state index contributed by atoms with van der Waals surface area (Å²) in [5, 5.41) is 27.0. The third-order valence-corrected chi connectivity index (χ3v) is 6.37. The molecule has 3 N–H and O–H groups in total. The zero-order valence-electron chi connectivity index (χ0n) is 17.7. The normalized spacial score (nSPS) is 17.5. The van der Waals surface area contributed by atoms with Crippen molar-refractivity contribution in [2.75, 3.05) is 4.90 Å². The van der Waals surface area contributed by atoms with E-state index in [0.717, 1.165) is 35.2 Å². The molecule has 1 aliphatic heterocycles. The zero-order valence-corrected chi connectivity index (χ0v) is 18.5. The van der Waals surface area contributed by atoms with Crippen molar-refractivity contribution in [2.45, 2.75) is 10.9 Å². The SMILES string of the molecule is NS(=O)(=O)c1ccc(N2C(=O)C(=O)C(=C(O)c3ccc([N+](=O)[O-])cc3)[C@H]2c2ccccc2F)cc1. The number of nitrogens with zero attached hydrogens (tertiary/aromatic N) is 2. The van der Waals surface area contributed by atoms with Crippen LogP contribution in [0.1, 0.15) is 17.2 Å². The summed E-state index contributed by atoms with van der Waals surface area (Å²) in [4.78, 5) is 37.1. The molecule has 3 aromatic carbocycles. The molecule has 178 valence electrons. The molecule has 1 aliphatic rings. The van der Waals surface area contributed by atoms with Crippen molar-refractivity contribution in [1.82, 2.24) is 0 Å². The van der Waals surface area contributed by atoms with Crippen molar-refractivity contribution in [3.8, 4) is 0 Å². The average molecular weight is 497 g/mol. The third-order valence-electron chi connectivity index (χ3n) is 5.44. The second-order valence-corrected chi connectivity index (χ2v) is 9.09. The first kappa shape index (κ1) is 23.7. The van der Waals surface area contributed by atoms with Crippen LogP contribution in [0.4, 0.5) is 15.8 Å². The molecule has 0 aliphatic carbocycles. The molecule has 35 heavy (non-hydrogen) atoms. The summed E-state index contributed by atoms with van der Waals surface area (Å²) < 4.78 is 38.0. The second kappa shape index (κ2) is 8.74. The number of non-ortho nitro benzene ring substituents is 1. The molecule has 3 aromatic rings. The van der Waals surface area contributed by atoms with Gasteiger partial charge in [-0.25, -0.2) is 17.9 Å². The van der Waals surface area contributed by atoms with Gasteiger partial charge in [-0.1, -0.05) is 18.2 Å². The largest absolute Gasteiger partial charge is 0.507 e. The lowest BCUT2D eigenvalue weighted by Crippen LogP contribution is -2.30. The maximum atomic E-state index is 14.9. The standard InChI is InChI=1S/C23H16FN3O7S/c24-18-4-2-1-3-17(18)20-19(21(28)13-5-7-15(8-6-13)27(31)32)22(29)23(30)26(20)14-9-11-16(12-10-14)35(25,33)34/h1-12,20,28H,(H2,25,33,34)/t20-/m1/s1. The summed E-state index contributed by atoms with van der Waals surface area (Å²) >= 11 is 0. The van der Waals surface area contributed by atoms with Gasteiger partial charge in [-0.3, -0.25) is 24.6 Å². The minimum atomic E-state index is -4.04. The van der Waals surface area contributed by atoms with Crippen LogP contribution in [0.15, 0.2) is 83.3 Å². The van der Waals surface area contributed by atoms with Crippen LogP contribution in [-0.4, -0.2) is 30.1 Å². The van der Waals surface area contributed by atoms with Gasteiger partial charge in [0.05, 0.1) is 21.4 Å². The number of Topliss-reactive ketones (excluding diaryl/α,β-unsaturated/α-hetero) is 1. The smallest absolute Gasteiger partial charge is 0.300 e. The molecule has 0 saturated carbocycles. The lowest BCUT2D eigenvalue weighted by molar-refractivity contribution is -0.384. The van der Waals surface area contributed by atoms with E-state index in [0.29, 0.717) is 0 Å². The van der Waals surface area contributed by atoms with E-state index < -0.39 is 49.8 Å². The quantitative estimate of drug-likeness (QED) is 0.180. The number of amides is 1. The lowest BCUT2D eigenvalue weighted by Gasteiger charge is -2.25. The molecule has 0 aromatic heterocycles. The summed E-state index contributed by atoms with van der Waals surface area (Å²) in [7, 11) is -4.04. The number of carbonyl (C=O) groups excluding carboxylic acids is 2. The van der Waals surface area contributed by atoms with Gasteiger partial charge < -0.3 is 5.11 Å². The number of rotatable bonds is 5. The lowest BCUT2D eigenvalue weighted by atomic mass is 9.94. The first-order valence-electron chi connectivity index (χ1n) is 9.94. The molecule has 12 heteroatoms. The summed E-state index contributed by atoms with van der Waals surface area (Å²) in [6, 6.07) is 13.2. The molecule has 0 bridgehead atoms. The molecule has 0 unspecified atom stereocenters. The van der Waals surface area contributed by atoms with Crippen LogP contribution in [0.2, 0.25) is 0 Å². The molecule has 1 saturated heterocycles. The number of primary sulfonamides is 1. The number of aliphatic hydroxyl groups is 1. The number of nitrogens with two attached hydrogens (primary N) is 1. The number of halogens is 1. The number of carbonyl (C=O) groups is 2. The van der Waals surface area contributed by atoms with Gasteiger partial charge >= 0.3 is 0 Å².